The molecule has 0 unspecified atom stereocenters. The lowest BCUT2D eigenvalue weighted by Gasteiger charge is -2.27. The van der Waals surface area contributed by atoms with Crippen molar-refractivity contribution in [2.24, 2.45) is 0 Å². The molecule has 5 nitrogen and oxygen atoms in total. The highest BCUT2D eigenvalue weighted by atomic mass is 79.9. The second kappa shape index (κ2) is 5.38. The topological polar surface area (TPSA) is 75.0 Å². The molecule has 2 heterocycles. The highest BCUT2D eigenvalue weighted by molar-refractivity contribution is 9.10. The van der Waals surface area contributed by atoms with E-state index in [2.05, 4.69) is 42.9 Å². The van der Waals surface area contributed by atoms with Crippen molar-refractivity contribution in [3.05, 3.63) is 55.9 Å². The molecule has 20 heavy (non-hydrogen) atoms. The van der Waals surface area contributed by atoms with Gasteiger partial charge < -0.3 is 5.73 Å². The number of benzene rings is 1. The molecule has 0 fully saturated rings. The highest BCUT2D eigenvalue weighted by Crippen LogP contribution is 2.18. The van der Waals surface area contributed by atoms with Crippen molar-refractivity contribution in [2.45, 2.75) is 19.5 Å². The van der Waals surface area contributed by atoms with Gasteiger partial charge in [-0.15, -0.1) is 0 Å². The Bertz CT molecular complexity index is 681. The molecule has 1 aliphatic heterocycles. The van der Waals surface area contributed by atoms with Gasteiger partial charge in [0.2, 0.25) is 5.95 Å². The summed E-state index contributed by atoms with van der Waals surface area (Å²) in [5.74, 6) is 0.204. The van der Waals surface area contributed by atoms with Crippen molar-refractivity contribution in [2.75, 3.05) is 12.3 Å². The number of nitrogen functional groups attached to an aromatic ring is 1. The van der Waals surface area contributed by atoms with E-state index in [0.29, 0.717) is 6.54 Å². The SMILES string of the molecule is Nc1nc2c(c(=O)[nH]1)CN(Cc1ccc(Br)cc1)CC2. The van der Waals surface area contributed by atoms with Gasteiger partial charge >= 0.3 is 0 Å². The van der Waals surface area contributed by atoms with Gasteiger partial charge in [0.1, 0.15) is 0 Å². The third-order valence-corrected chi connectivity index (χ3v) is 4.01. The Labute approximate surface area is 125 Å². The van der Waals surface area contributed by atoms with E-state index in [1.54, 1.807) is 0 Å². The average Bonchev–Trinajstić information content (AvgIpc) is 2.42. The molecule has 3 N–H and O–H groups in total. The molecule has 0 amide bonds. The molecular weight excluding hydrogens is 320 g/mol. The number of nitrogens with two attached hydrogens (primary N) is 1. The molecule has 0 radical (unpaired) electrons. The highest BCUT2D eigenvalue weighted by Gasteiger charge is 2.20. The first kappa shape index (κ1) is 13.3. The van der Waals surface area contributed by atoms with Gasteiger partial charge in [0.25, 0.3) is 5.56 Å². The predicted molar refractivity (Wildman–Crippen MR) is 81.2 cm³/mol. The summed E-state index contributed by atoms with van der Waals surface area (Å²) in [4.78, 5) is 21.0. The third-order valence-electron chi connectivity index (χ3n) is 3.49. The summed E-state index contributed by atoms with van der Waals surface area (Å²) in [6.07, 6.45) is 0.764. The van der Waals surface area contributed by atoms with Gasteiger partial charge in [0, 0.05) is 30.5 Å². The maximum Gasteiger partial charge on any atom is 0.257 e. The predicted octanol–water partition coefficient (Wildman–Crippen LogP) is 1.67. The molecule has 0 saturated carbocycles. The lowest BCUT2D eigenvalue weighted by Crippen LogP contribution is -2.35. The Morgan fingerprint density at radius 2 is 2.10 bits per heavy atom. The number of aromatic amines is 1. The second-order valence-electron chi connectivity index (χ2n) is 4.96. The molecule has 0 atom stereocenters. The quantitative estimate of drug-likeness (QED) is 0.876. The van der Waals surface area contributed by atoms with Gasteiger partial charge in [-0.2, -0.15) is 0 Å². The number of hydrogen-bond acceptors (Lipinski definition) is 4. The molecule has 0 spiro atoms. The second-order valence-corrected chi connectivity index (χ2v) is 5.88. The van der Waals surface area contributed by atoms with Crippen molar-refractivity contribution < 1.29 is 0 Å². The van der Waals surface area contributed by atoms with Crippen LogP contribution < -0.4 is 11.3 Å². The minimum absolute atomic E-state index is 0.118. The smallest absolute Gasteiger partial charge is 0.257 e. The standard InChI is InChI=1S/C14H15BrN4O/c15-10-3-1-9(2-4-10)7-19-6-5-12-11(8-19)13(20)18-14(16)17-12/h1-4H,5-8H2,(H3,16,17,18,20). The molecule has 2 aromatic rings. The Hall–Kier alpha value is -1.66. The molecule has 104 valence electrons. The van der Waals surface area contributed by atoms with Crippen LogP contribution in [-0.4, -0.2) is 21.4 Å². The Kier molecular flexibility index (Phi) is 3.58. The average molecular weight is 335 g/mol. The molecule has 3 rings (SSSR count). The van der Waals surface area contributed by atoms with Crippen LogP contribution in [0.2, 0.25) is 0 Å². The molecule has 0 aliphatic carbocycles. The van der Waals surface area contributed by atoms with Gasteiger partial charge in [-0.25, -0.2) is 4.98 Å². The number of halogens is 1. The summed E-state index contributed by atoms with van der Waals surface area (Å²) in [5.41, 5.74) is 8.26. The van der Waals surface area contributed by atoms with Crippen molar-refractivity contribution >= 4 is 21.9 Å². The normalized spacial score (nSPS) is 15.1. The van der Waals surface area contributed by atoms with Crippen LogP contribution in [0.25, 0.3) is 0 Å². The zero-order valence-electron chi connectivity index (χ0n) is 10.9. The summed E-state index contributed by atoms with van der Waals surface area (Å²) in [6, 6.07) is 8.24. The summed E-state index contributed by atoms with van der Waals surface area (Å²) in [6.45, 7) is 2.34. The monoisotopic (exact) mass is 334 g/mol. The Morgan fingerprint density at radius 3 is 2.85 bits per heavy atom. The van der Waals surface area contributed by atoms with Crippen LogP contribution in [0.4, 0.5) is 5.95 Å². The first-order chi connectivity index (χ1) is 9.61. The van der Waals surface area contributed by atoms with Crippen molar-refractivity contribution in [3.8, 4) is 0 Å². The summed E-state index contributed by atoms with van der Waals surface area (Å²) >= 11 is 3.43. The first-order valence-corrected chi connectivity index (χ1v) is 7.25. The zero-order valence-corrected chi connectivity index (χ0v) is 12.5. The lowest BCUT2D eigenvalue weighted by atomic mass is 10.1. The maximum atomic E-state index is 11.9. The van der Waals surface area contributed by atoms with Gasteiger partial charge in [-0.1, -0.05) is 28.1 Å². The molecular formula is C14H15BrN4O. The van der Waals surface area contributed by atoms with Gasteiger partial charge in [-0.3, -0.25) is 14.7 Å². The largest absolute Gasteiger partial charge is 0.369 e. The fourth-order valence-corrected chi connectivity index (χ4v) is 2.75. The number of hydrogen-bond donors (Lipinski definition) is 2. The van der Waals surface area contributed by atoms with Crippen LogP contribution in [-0.2, 0) is 19.5 Å². The Morgan fingerprint density at radius 1 is 1.35 bits per heavy atom. The van der Waals surface area contributed by atoms with Gasteiger partial charge in [0.15, 0.2) is 0 Å². The molecule has 1 aromatic heterocycles. The van der Waals surface area contributed by atoms with E-state index < -0.39 is 0 Å². The Balaban J connectivity index is 1.79. The molecule has 0 bridgehead atoms. The van der Waals surface area contributed by atoms with Crippen molar-refractivity contribution in [1.29, 1.82) is 0 Å². The molecule has 0 saturated heterocycles. The van der Waals surface area contributed by atoms with Gasteiger partial charge in [-0.05, 0) is 17.7 Å². The van der Waals surface area contributed by atoms with E-state index in [9.17, 15) is 4.79 Å². The van der Waals surface area contributed by atoms with Crippen molar-refractivity contribution in [1.82, 2.24) is 14.9 Å². The van der Waals surface area contributed by atoms with Crippen LogP contribution >= 0.6 is 15.9 Å². The van der Waals surface area contributed by atoms with Crippen LogP contribution in [0.5, 0.6) is 0 Å². The number of anilines is 1. The van der Waals surface area contributed by atoms with Crippen LogP contribution in [0.15, 0.2) is 33.5 Å². The van der Waals surface area contributed by atoms with Crippen LogP contribution in [0, 0.1) is 0 Å². The van der Waals surface area contributed by atoms with Crippen LogP contribution in [0.3, 0.4) is 0 Å². The number of nitrogens with zero attached hydrogens (tertiary/aromatic N) is 2. The molecule has 1 aromatic carbocycles. The van der Waals surface area contributed by atoms with E-state index in [-0.39, 0.29) is 11.5 Å². The fourth-order valence-electron chi connectivity index (χ4n) is 2.48. The number of fused-ring (bicyclic) bond motifs is 1. The lowest BCUT2D eigenvalue weighted by molar-refractivity contribution is 0.242. The third kappa shape index (κ3) is 2.76. The van der Waals surface area contributed by atoms with Crippen molar-refractivity contribution in [3.63, 3.8) is 0 Å². The van der Waals surface area contributed by atoms with Gasteiger partial charge in [0.05, 0.1) is 11.3 Å². The zero-order chi connectivity index (χ0) is 14.1. The van der Waals surface area contributed by atoms with E-state index in [1.165, 1.54) is 5.56 Å². The summed E-state index contributed by atoms with van der Waals surface area (Å²) < 4.78 is 1.07. The summed E-state index contributed by atoms with van der Waals surface area (Å²) in [5, 5.41) is 0. The fraction of sp³-hybridized carbons (Fsp3) is 0.286. The number of aromatic nitrogens is 2. The minimum atomic E-state index is -0.118. The van der Waals surface area contributed by atoms with E-state index in [4.69, 9.17) is 5.73 Å². The minimum Gasteiger partial charge on any atom is -0.369 e. The van der Waals surface area contributed by atoms with E-state index >= 15 is 0 Å². The maximum absolute atomic E-state index is 11.9. The molecule has 6 heteroatoms. The number of H-pyrrole nitrogens is 1. The molecule has 1 aliphatic rings. The van der Waals surface area contributed by atoms with E-state index in [0.717, 1.165) is 35.2 Å². The van der Waals surface area contributed by atoms with Crippen LogP contribution in [0.1, 0.15) is 16.8 Å². The number of rotatable bonds is 2. The number of nitrogens with one attached hydrogen (secondary N) is 1. The first-order valence-electron chi connectivity index (χ1n) is 6.46. The summed E-state index contributed by atoms with van der Waals surface area (Å²) in [7, 11) is 0. The van der Waals surface area contributed by atoms with E-state index in [1.807, 2.05) is 12.1 Å².